The van der Waals surface area contributed by atoms with Crippen LogP contribution in [0.1, 0.15) is 40.5 Å². The number of piperazine rings is 1. The number of aliphatic imine (C=N–C) groups is 1. The largest absolute Gasteiger partial charge is 0.444 e. The molecule has 32 heavy (non-hydrogen) atoms. The van der Waals surface area contributed by atoms with Crippen LogP contribution in [0, 0.1) is 5.92 Å². The SMILES string of the molecule is CCNC(=NCC1CCCN(C(=O)OC(C)(C)C)C1)N1CCN(c2ncccn2)CC1.I. The number of aromatic nitrogens is 2. The van der Waals surface area contributed by atoms with Crippen molar-refractivity contribution in [3.8, 4) is 0 Å². The highest BCUT2D eigenvalue weighted by Crippen LogP contribution is 2.20. The van der Waals surface area contributed by atoms with Gasteiger partial charge in [0.15, 0.2) is 5.96 Å². The molecule has 3 heterocycles. The van der Waals surface area contributed by atoms with Crippen molar-refractivity contribution in [1.29, 1.82) is 0 Å². The van der Waals surface area contributed by atoms with Gasteiger partial charge in [-0.1, -0.05) is 0 Å². The van der Waals surface area contributed by atoms with Gasteiger partial charge in [0, 0.05) is 64.8 Å². The molecule has 2 aliphatic heterocycles. The monoisotopic (exact) mass is 559 g/mol. The molecule has 0 aliphatic carbocycles. The van der Waals surface area contributed by atoms with Gasteiger partial charge >= 0.3 is 6.09 Å². The number of amides is 1. The van der Waals surface area contributed by atoms with E-state index >= 15 is 0 Å². The van der Waals surface area contributed by atoms with Crippen LogP contribution in [0.15, 0.2) is 23.5 Å². The summed E-state index contributed by atoms with van der Waals surface area (Å²) in [7, 11) is 0. The van der Waals surface area contributed by atoms with Gasteiger partial charge in [-0.3, -0.25) is 4.99 Å². The molecule has 2 fully saturated rings. The minimum atomic E-state index is -0.465. The van der Waals surface area contributed by atoms with E-state index in [0.29, 0.717) is 19.0 Å². The fourth-order valence-electron chi connectivity index (χ4n) is 3.92. The Kier molecular flexibility index (Phi) is 10.2. The Hall–Kier alpha value is -1.85. The van der Waals surface area contributed by atoms with E-state index in [1.807, 2.05) is 31.7 Å². The topological polar surface area (TPSA) is 86.2 Å². The number of hydrogen-bond donors (Lipinski definition) is 1. The van der Waals surface area contributed by atoms with E-state index in [2.05, 4.69) is 32.0 Å². The van der Waals surface area contributed by atoms with Crippen molar-refractivity contribution in [2.45, 2.75) is 46.1 Å². The third-order valence-corrected chi connectivity index (χ3v) is 5.42. The molecule has 0 aromatic carbocycles. The van der Waals surface area contributed by atoms with Crippen LogP contribution >= 0.6 is 24.0 Å². The van der Waals surface area contributed by atoms with Crippen LogP contribution in [-0.4, -0.2) is 89.8 Å². The molecular weight excluding hydrogens is 521 g/mol. The molecule has 1 aromatic heterocycles. The summed E-state index contributed by atoms with van der Waals surface area (Å²) in [5.41, 5.74) is -0.465. The molecule has 2 saturated heterocycles. The van der Waals surface area contributed by atoms with Crippen LogP contribution < -0.4 is 10.2 Å². The molecule has 3 rings (SSSR count). The fourth-order valence-corrected chi connectivity index (χ4v) is 3.92. The van der Waals surface area contributed by atoms with Gasteiger partial charge in [-0.05, 0) is 52.5 Å². The predicted molar refractivity (Wildman–Crippen MR) is 138 cm³/mol. The molecule has 1 aromatic rings. The molecule has 10 heteroatoms. The van der Waals surface area contributed by atoms with Gasteiger partial charge in [-0.25, -0.2) is 14.8 Å². The van der Waals surface area contributed by atoms with Gasteiger partial charge < -0.3 is 24.8 Å². The summed E-state index contributed by atoms with van der Waals surface area (Å²) in [4.78, 5) is 32.4. The summed E-state index contributed by atoms with van der Waals surface area (Å²) in [5.74, 6) is 2.09. The number of hydrogen-bond acceptors (Lipinski definition) is 6. The second-order valence-corrected chi connectivity index (χ2v) is 9.15. The highest BCUT2D eigenvalue weighted by atomic mass is 127. The molecule has 1 amide bonds. The Morgan fingerprint density at radius 1 is 1.16 bits per heavy atom. The zero-order valence-electron chi connectivity index (χ0n) is 19.8. The van der Waals surface area contributed by atoms with Crippen LogP contribution in [0.4, 0.5) is 10.7 Å². The van der Waals surface area contributed by atoms with Gasteiger partial charge in [-0.15, -0.1) is 24.0 Å². The van der Waals surface area contributed by atoms with Crippen LogP contribution in [0.2, 0.25) is 0 Å². The first-order valence-electron chi connectivity index (χ1n) is 11.4. The number of halogens is 1. The van der Waals surface area contributed by atoms with Crippen molar-refractivity contribution in [2.24, 2.45) is 10.9 Å². The molecule has 1 N–H and O–H groups in total. The number of carbonyl (C=O) groups excluding carboxylic acids is 1. The molecular formula is C22H38IN7O2. The van der Waals surface area contributed by atoms with E-state index in [1.54, 1.807) is 12.4 Å². The molecule has 180 valence electrons. The Labute approximate surface area is 209 Å². The second-order valence-electron chi connectivity index (χ2n) is 9.15. The van der Waals surface area contributed by atoms with Crippen molar-refractivity contribution < 1.29 is 9.53 Å². The number of ether oxygens (including phenoxy) is 1. The first kappa shape index (κ1) is 26.4. The van der Waals surface area contributed by atoms with E-state index < -0.39 is 5.60 Å². The lowest BCUT2D eigenvalue weighted by Gasteiger charge is -2.37. The molecule has 2 aliphatic rings. The number of rotatable bonds is 4. The number of guanidine groups is 1. The Balaban J connectivity index is 0.00000363. The maximum absolute atomic E-state index is 12.4. The molecule has 1 unspecified atom stereocenters. The summed E-state index contributed by atoms with van der Waals surface area (Å²) >= 11 is 0. The minimum Gasteiger partial charge on any atom is -0.444 e. The standard InChI is InChI=1S/C22H37N7O2.HI/c1-5-23-19(27-12-14-28(15-13-27)20-24-9-7-10-25-20)26-16-18-8-6-11-29(17-18)21(30)31-22(2,3)4;/h7,9-10,18H,5-6,8,11-17H2,1-4H3,(H,23,26);1H. The smallest absolute Gasteiger partial charge is 0.410 e. The van der Waals surface area contributed by atoms with Gasteiger partial charge in [0.2, 0.25) is 5.95 Å². The summed E-state index contributed by atoms with van der Waals surface area (Å²) in [6.45, 7) is 14.3. The highest BCUT2D eigenvalue weighted by molar-refractivity contribution is 14.0. The number of anilines is 1. The number of carbonyl (C=O) groups is 1. The molecule has 0 spiro atoms. The highest BCUT2D eigenvalue weighted by Gasteiger charge is 2.28. The summed E-state index contributed by atoms with van der Waals surface area (Å²) < 4.78 is 5.55. The predicted octanol–water partition coefficient (Wildman–Crippen LogP) is 2.83. The maximum Gasteiger partial charge on any atom is 0.410 e. The number of piperidine rings is 1. The number of likely N-dealkylation sites (tertiary alicyclic amines) is 1. The Bertz CT molecular complexity index is 734. The molecule has 0 bridgehead atoms. The lowest BCUT2D eigenvalue weighted by Crippen LogP contribution is -2.53. The van der Waals surface area contributed by atoms with Crippen molar-refractivity contribution in [3.05, 3.63) is 18.5 Å². The molecule has 0 radical (unpaired) electrons. The molecule has 0 saturated carbocycles. The normalized spacial score (nSPS) is 19.9. The van der Waals surface area contributed by atoms with Gasteiger partial charge in [0.1, 0.15) is 5.60 Å². The van der Waals surface area contributed by atoms with E-state index in [-0.39, 0.29) is 30.1 Å². The van der Waals surface area contributed by atoms with Crippen LogP contribution in [0.25, 0.3) is 0 Å². The van der Waals surface area contributed by atoms with Gasteiger partial charge in [0.25, 0.3) is 0 Å². The van der Waals surface area contributed by atoms with Crippen LogP contribution in [0.5, 0.6) is 0 Å². The Morgan fingerprint density at radius 2 is 1.84 bits per heavy atom. The lowest BCUT2D eigenvalue weighted by atomic mass is 9.98. The Morgan fingerprint density at radius 3 is 2.47 bits per heavy atom. The lowest BCUT2D eigenvalue weighted by molar-refractivity contribution is 0.0170. The minimum absolute atomic E-state index is 0. The average Bonchev–Trinajstić information content (AvgIpc) is 2.76. The van der Waals surface area contributed by atoms with E-state index in [9.17, 15) is 4.79 Å². The van der Waals surface area contributed by atoms with Crippen LogP contribution in [0.3, 0.4) is 0 Å². The molecule has 1 atom stereocenters. The van der Waals surface area contributed by atoms with Crippen molar-refractivity contribution >= 4 is 42.0 Å². The number of nitrogens with one attached hydrogen (secondary N) is 1. The third-order valence-electron chi connectivity index (χ3n) is 5.42. The van der Waals surface area contributed by atoms with Gasteiger partial charge in [0.05, 0.1) is 0 Å². The van der Waals surface area contributed by atoms with Crippen molar-refractivity contribution in [1.82, 2.24) is 25.1 Å². The van der Waals surface area contributed by atoms with Crippen LogP contribution in [-0.2, 0) is 4.74 Å². The van der Waals surface area contributed by atoms with E-state index in [0.717, 1.165) is 64.0 Å². The maximum atomic E-state index is 12.4. The first-order chi connectivity index (χ1) is 14.9. The second kappa shape index (κ2) is 12.4. The average molecular weight is 559 g/mol. The molecule has 9 nitrogen and oxygen atoms in total. The summed E-state index contributed by atoms with van der Waals surface area (Å²) in [5, 5.41) is 3.43. The third kappa shape index (κ3) is 7.93. The van der Waals surface area contributed by atoms with Crippen molar-refractivity contribution in [2.75, 3.05) is 57.3 Å². The van der Waals surface area contributed by atoms with E-state index in [4.69, 9.17) is 9.73 Å². The van der Waals surface area contributed by atoms with Gasteiger partial charge in [-0.2, -0.15) is 0 Å². The zero-order chi connectivity index (χ0) is 22.3. The van der Waals surface area contributed by atoms with E-state index in [1.165, 1.54) is 0 Å². The fraction of sp³-hybridized carbons (Fsp3) is 0.727. The van der Waals surface area contributed by atoms with Crippen molar-refractivity contribution in [3.63, 3.8) is 0 Å². The number of nitrogens with zero attached hydrogens (tertiary/aromatic N) is 6. The first-order valence-corrected chi connectivity index (χ1v) is 11.4. The zero-order valence-corrected chi connectivity index (χ0v) is 22.1. The summed E-state index contributed by atoms with van der Waals surface area (Å²) in [6.07, 6.45) is 5.43. The quantitative estimate of drug-likeness (QED) is 0.345. The summed E-state index contributed by atoms with van der Waals surface area (Å²) in [6, 6.07) is 1.84.